The van der Waals surface area contributed by atoms with Crippen LogP contribution in [-0.4, -0.2) is 43.7 Å². The van der Waals surface area contributed by atoms with Crippen molar-refractivity contribution in [2.24, 2.45) is 20.6 Å². The number of hydrogen-bond donors (Lipinski definition) is 4. The first-order valence-electron chi connectivity index (χ1n) is 6.40. The third-order valence-electron chi connectivity index (χ3n) is 2.95. The summed E-state index contributed by atoms with van der Waals surface area (Å²) in [6, 6.07) is 0. The first-order chi connectivity index (χ1) is 9.60. The molecule has 0 spiro atoms. The van der Waals surface area contributed by atoms with Crippen molar-refractivity contribution in [3.8, 4) is 0 Å². The zero-order valence-electron chi connectivity index (χ0n) is 11.8. The van der Waals surface area contributed by atoms with Crippen molar-refractivity contribution in [2.45, 2.75) is 52.4 Å². The minimum Gasteiger partial charge on any atom is -0.411 e. The van der Waals surface area contributed by atoms with Crippen molar-refractivity contribution in [3.05, 3.63) is 0 Å². The molecule has 20 heavy (non-hydrogen) atoms. The minimum absolute atomic E-state index is 0.303. The summed E-state index contributed by atoms with van der Waals surface area (Å²) in [6.07, 6.45) is 4.45. The predicted octanol–water partition coefficient (Wildman–Crippen LogP) is 2.69. The summed E-state index contributed by atoms with van der Waals surface area (Å²) in [6.45, 7) is 3.13. The maximum Gasteiger partial charge on any atom is 0.104 e. The van der Waals surface area contributed by atoms with Gasteiger partial charge in [0.05, 0.1) is 0 Å². The van der Waals surface area contributed by atoms with Gasteiger partial charge in [-0.25, -0.2) is 0 Å². The van der Waals surface area contributed by atoms with Crippen LogP contribution < -0.4 is 0 Å². The zero-order chi connectivity index (χ0) is 15.4. The van der Waals surface area contributed by atoms with Gasteiger partial charge < -0.3 is 20.8 Å². The molecular formula is C12H22N4O4. The number of hydrogen-bond acceptors (Lipinski definition) is 8. The van der Waals surface area contributed by atoms with Gasteiger partial charge in [0.15, 0.2) is 0 Å². The molecule has 0 bridgehead atoms. The first kappa shape index (κ1) is 17.9. The maximum absolute atomic E-state index is 8.74. The van der Waals surface area contributed by atoms with Gasteiger partial charge in [0, 0.05) is 0 Å². The molecule has 0 fully saturated rings. The van der Waals surface area contributed by atoms with Gasteiger partial charge in [0.1, 0.15) is 22.8 Å². The Bertz CT molecular complexity index is 364. The van der Waals surface area contributed by atoms with Crippen molar-refractivity contribution in [1.29, 1.82) is 0 Å². The zero-order valence-corrected chi connectivity index (χ0v) is 11.8. The third kappa shape index (κ3) is 6.72. The number of unbranched alkanes of at least 4 members (excludes halogenated alkanes) is 3. The molecule has 0 unspecified atom stereocenters. The van der Waals surface area contributed by atoms with Crippen molar-refractivity contribution in [3.63, 3.8) is 0 Å². The van der Waals surface area contributed by atoms with Crippen molar-refractivity contribution >= 4 is 22.8 Å². The number of nitrogens with zero attached hydrogens (tertiary/aromatic N) is 4. The predicted molar refractivity (Wildman–Crippen MR) is 75.9 cm³/mol. The molecule has 0 heterocycles. The summed E-state index contributed by atoms with van der Waals surface area (Å²) in [4.78, 5) is 0. The van der Waals surface area contributed by atoms with Crippen LogP contribution in [0.5, 0.6) is 0 Å². The van der Waals surface area contributed by atoms with Crippen LogP contribution in [0.1, 0.15) is 52.4 Å². The van der Waals surface area contributed by atoms with E-state index in [2.05, 4.69) is 20.6 Å². The highest BCUT2D eigenvalue weighted by Gasteiger charge is 2.07. The molecule has 0 aromatic rings. The van der Waals surface area contributed by atoms with E-state index in [-0.39, 0.29) is 0 Å². The van der Waals surface area contributed by atoms with E-state index in [1.165, 1.54) is 0 Å². The number of rotatable bonds is 9. The Labute approximate surface area is 117 Å². The topological polar surface area (TPSA) is 130 Å². The molecule has 114 valence electrons. The second-order valence-corrected chi connectivity index (χ2v) is 4.38. The Balaban J connectivity index is 3.89. The molecule has 0 amide bonds. The summed E-state index contributed by atoms with van der Waals surface area (Å²) in [5, 5.41) is 46.7. The summed E-state index contributed by atoms with van der Waals surface area (Å²) >= 11 is 0. The normalized spacial score (nSPS) is 14.7. The van der Waals surface area contributed by atoms with Crippen LogP contribution in [0.15, 0.2) is 20.6 Å². The van der Waals surface area contributed by atoms with Crippen LogP contribution in [0.4, 0.5) is 0 Å². The molecule has 0 radical (unpaired) electrons. The summed E-state index contributed by atoms with van der Waals surface area (Å²) in [7, 11) is 0. The Morgan fingerprint density at radius 3 is 1.20 bits per heavy atom. The second kappa shape index (κ2) is 10.8. The van der Waals surface area contributed by atoms with Gasteiger partial charge in [0.25, 0.3) is 0 Å². The third-order valence-corrected chi connectivity index (χ3v) is 2.95. The summed E-state index contributed by atoms with van der Waals surface area (Å²) < 4.78 is 0. The molecular weight excluding hydrogens is 264 g/mol. The fraction of sp³-hybridized carbons (Fsp3) is 0.667. The van der Waals surface area contributed by atoms with Gasteiger partial charge in [-0.3, -0.25) is 0 Å². The van der Waals surface area contributed by atoms with Crippen molar-refractivity contribution < 1.29 is 20.8 Å². The monoisotopic (exact) mass is 286 g/mol. The SMILES string of the molecule is CC(=N\O)/C(CCCCCCC(=N/O)/C(C)=N/O)=N\O. The molecule has 0 saturated carbocycles. The van der Waals surface area contributed by atoms with Gasteiger partial charge in [0.2, 0.25) is 0 Å². The average Bonchev–Trinajstić information content (AvgIpc) is 2.48. The summed E-state index contributed by atoms with van der Waals surface area (Å²) in [5.74, 6) is 0. The van der Waals surface area contributed by atoms with Gasteiger partial charge in [-0.15, -0.1) is 0 Å². The number of oxime groups is 4. The average molecular weight is 286 g/mol. The van der Waals surface area contributed by atoms with Crippen molar-refractivity contribution in [2.75, 3.05) is 0 Å². The van der Waals surface area contributed by atoms with E-state index in [1.54, 1.807) is 13.8 Å². The van der Waals surface area contributed by atoms with Crippen LogP contribution in [0.25, 0.3) is 0 Å². The van der Waals surface area contributed by atoms with Gasteiger partial charge in [-0.1, -0.05) is 33.5 Å². The molecule has 0 rings (SSSR count). The van der Waals surface area contributed by atoms with E-state index in [4.69, 9.17) is 20.8 Å². The highest BCUT2D eigenvalue weighted by molar-refractivity contribution is 6.41. The van der Waals surface area contributed by atoms with Gasteiger partial charge in [-0.05, 0) is 39.5 Å². The lowest BCUT2D eigenvalue weighted by Gasteiger charge is -2.04. The smallest absolute Gasteiger partial charge is 0.104 e. The van der Waals surface area contributed by atoms with Gasteiger partial charge >= 0.3 is 0 Å². The fourth-order valence-corrected chi connectivity index (χ4v) is 1.66. The second-order valence-electron chi connectivity index (χ2n) is 4.38. The van der Waals surface area contributed by atoms with Crippen LogP contribution in [-0.2, 0) is 0 Å². The molecule has 8 heteroatoms. The van der Waals surface area contributed by atoms with Crippen molar-refractivity contribution in [1.82, 2.24) is 0 Å². The lowest BCUT2D eigenvalue weighted by atomic mass is 10.0. The quantitative estimate of drug-likeness (QED) is 0.224. The maximum atomic E-state index is 8.74. The highest BCUT2D eigenvalue weighted by Crippen LogP contribution is 2.08. The first-order valence-corrected chi connectivity index (χ1v) is 6.40. The van der Waals surface area contributed by atoms with Crippen LogP contribution in [0.3, 0.4) is 0 Å². The van der Waals surface area contributed by atoms with E-state index < -0.39 is 0 Å². The Morgan fingerprint density at radius 2 is 0.950 bits per heavy atom. The largest absolute Gasteiger partial charge is 0.411 e. The highest BCUT2D eigenvalue weighted by atomic mass is 16.4. The minimum atomic E-state index is 0.303. The van der Waals surface area contributed by atoms with E-state index in [0.717, 1.165) is 25.7 Å². The Kier molecular flexibility index (Phi) is 9.63. The van der Waals surface area contributed by atoms with E-state index in [9.17, 15) is 0 Å². The molecule has 0 aliphatic heterocycles. The van der Waals surface area contributed by atoms with Gasteiger partial charge in [-0.2, -0.15) is 0 Å². The Morgan fingerprint density at radius 1 is 0.600 bits per heavy atom. The fourth-order valence-electron chi connectivity index (χ4n) is 1.66. The summed E-state index contributed by atoms with van der Waals surface area (Å²) in [5.41, 5.74) is 1.34. The lowest BCUT2D eigenvalue weighted by Crippen LogP contribution is -2.11. The van der Waals surface area contributed by atoms with Crippen LogP contribution in [0.2, 0.25) is 0 Å². The van der Waals surface area contributed by atoms with E-state index >= 15 is 0 Å². The van der Waals surface area contributed by atoms with E-state index in [1.807, 2.05) is 0 Å². The van der Waals surface area contributed by atoms with Crippen LogP contribution >= 0.6 is 0 Å². The lowest BCUT2D eigenvalue weighted by molar-refractivity contribution is 0.312. The molecule has 4 N–H and O–H groups in total. The molecule has 0 aromatic carbocycles. The Hall–Kier alpha value is -2.12. The van der Waals surface area contributed by atoms with E-state index in [0.29, 0.717) is 35.7 Å². The molecule has 8 nitrogen and oxygen atoms in total. The molecule has 0 aliphatic carbocycles. The molecule has 0 aliphatic rings. The standard InChI is InChI=1S/C12H22N4O4/c1-9(13-17)11(15-19)7-5-3-4-6-8-12(16-20)10(2)14-18/h17-20H,3-8H2,1-2H3/b13-9+,14-10+,15-11-,16-12-. The molecule has 0 aromatic heterocycles. The molecule has 0 atom stereocenters. The van der Waals surface area contributed by atoms with Crippen LogP contribution in [0, 0.1) is 0 Å². The molecule has 0 saturated heterocycles.